The van der Waals surface area contributed by atoms with Gasteiger partial charge in [-0.2, -0.15) is 0 Å². The van der Waals surface area contributed by atoms with E-state index in [-0.39, 0.29) is 17.6 Å². The second-order valence-electron chi connectivity index (χ2n) is 6.44. The SMILES string of the molecule is Cc1cccc(-c2nnc(NC(=O)C(NC(=O)c3ccco3)C(C)C)s2)c1. The van der Waals surface area contributed by atoms with Crippen LogP contribution in [0.5, 0.6) is 0 Å². The Hall–Kier alpha value is -3.00. The van der Waals surface area contributed by atoms with Gasteiger partial charge in [0.25, 0.3) is 5.91 Å². The van der Waals surface area contributed by atoms with Gasteiger partial charge < -0.3 is 9.73 Å². The van der Waals surface area contributed by atoms with Gasteiger partial charge in [-0.05, 0) is 31.0 Å². The number of nitrogens with zero attached hydrogens (tertiary/aromatic N) is 2. The first kappa shape index (κ1) is 18.8. The third-order valence-corrected chi connectivity index (χ3v) is 4.79. The maximum absolute atomic E-state index is 12.6. The Balaban J connectivity index is 1.70. The summed E-state index contributed by atoms with van der Waals surface area (Å²) in [6.07, 6.45) is 1.41. The Morgan fingerprint density at radius 1 is 1.15 bits per heavy atom. The summed E-state index contributed by atoms with van der Waals surface area (Å²) in [7, 11) is 0. The van der Waals surface area contributed by atoms with Crippen LogP contribution in [0.4, 0.5) is 5.13 Å². The monoisotopic (exact) mass is 384 g/mol. The maximum Gasteiger partial charge on any atom is 0.287 e. The van der Waals surface area contributed by atoms with Crippen LogP contribution in [0.15, 0.2) is 47.1 Å². The number of hydrogen-bond acceptors (Lipinski definition) is 6. The van der Waals surface area contributed by atoms with Crippen LogP contribution in [0.3, 0.4) is 0 Å². The number of rotatable bonds is 6. The highest BCUT2D eigenvalue weighted by atomic mass is 32.1. The summed E-state index contributed by atoms with van der Waals surface area (Å²) in [5.74, 6) is -0.748. The molecule has 0 saturated carbocycles. The topological polar surface area (TPSA) is 97.1 Å². The second kappa shape index (κ2) is 8.13. The van der Waals surface area contributed by atoms with Crippen molar-refractivity contribution in [2.75, 3.05) is 5.32 Å². The average molecular weight is 384 g/mol. The van der Waals surface area contributed by atoms with Crippen molar-refractivity contribution in [2.45, 2.75) is 26.8 Å². The van der Waals surface area contributed by atoms with Crippen molar-refractivity contribution < 1.29 is 14.0 Å². The van der Waals surface area contributed by atoms with Crippen LogP contribution < -0.4 is 10.6 Å². The minimum absolute atomic E-state index is 0.118. The van der Waals surface area contributed by atoms with E-state index in [0.29, 0.717) is 5.13 Å². The molecule has 0 saturated heterocycles. The number of benzene rings is 1. The number of furan rings is 1. The smallest absolute Gasteiger partial charge is 0.287 e. The van der Waals surface area contributed by atoms with E-state index in [4.69, 9.17) is 4.42 Å². The molecular weight excluding hydrogens is 364 g/mol. The van der Waals surface area contributed by atoms with E-state index in [1.165, 1.54) is 17.6 Å². The first-order valence-electron chi connectivity index (χ1n) is 8.50. The van der Waals surface area contributed by atoms with Crippen molar-refractivity contribution in [1.82, 2.24) is 15.5 Å². The van der Waals surface area contributed by atoms with Gasteiger partial charge in [0.2, 0.25) is 11.0 Å². The van der Waals surface area contributed by atoms with Crippen LogP contribution >= 0.6 is 11.3 Å². The lowest BCUT2D eigenvalue weighted by molar-refractivity contribution is -0.118. The molecule has 2 aromatic heterocycles. The second-order valence-corrected chi connectivity index (χ2v) is 7.42. The third-order valence-electron chi connectivity index (χ3n) is 3.90. The molecular formula is C19H20N4O3S. The fourth-order valence-electron chi connectivity index (χ4n) is 2.51. The molecule has 1 aromatic carbocycles. The molecule has 2 N–H and O–H groups in total. The Morgan fingerprint density at radius 2 is 1.96 bits per heavy atom. The number of hydrogen-bond donors (Lipinski definition) is 2. The van der Waals surface area contributed by atoms with Gasteiger partial charge in [-0.25, -0.2) is 0 Å². The maximum atomic E-state index is 12.6. The van der Waals surface area contributed by atoms with Crippen LogP contribution in [-0.4, -0.2) is 28.1 Å². The van der Waals surface area contributed by atoms with Gasteiger partial charge in [-0.3, -0.25) is 14.9 Å². The Kier molecular flexibility index (Phi) is 5.66. The molecule has 1 atom stereocenters. The third kappa shape index (κ3) is 4.59. The molecule has 0 bridgehead atoms. The molecule has 0 aliphatic rings. The number of carbonyl (C=O) groups is 2. The lowest BCUT2D eigenvalue weighted by Crippen LogP contribution is -2.47. The first-order valence-corrected chi connectivity index (χ1v) is 9.31. The van der Waals surface area contributed by atoms with Gasteiger partial charge in [0, 0.05) is 5.56 Å². The molecule has 2 heterocycles. The molecule has 27 heavy (non-hydrogen) atoms. The summed E-state index contributed by atoms with van der Waals surface area (Å²) in [6.45, 7) is 5.71. The summed E-state index contributed by atoms with van der Waals surface area (Å²) in [5, 5.41) is 14.7. The van der Waals surface area contributed by atoms with E-state index in [1.807, 2.05) is 45.0 Å². The van der Waals surface area contributed by atoms with Crippen LogP contribution in [0.2, 0.25) is 0 Å². The molecule has 0 aliphatic carbocycles. The molecule has 7 nitrogen and oxygen atoms in total. The van der Waals surface area contributed by atoms with E-state index in [9.17, 15) is 9.59 Å². The van der Waals surface area contributed by atoms with E-state index < -0.39 is 11.9 Å². The first-order chi connectivity index (χ1) is 12.9. The van der Waals surface area contributed by atoms with Crippen molar-refractivity contribution in [2.24, 2.45) is 5.92 Å². The highest BCUT2D eigenvalue weighted by Gasteiger charge is 2.26. The van der Waals surface area contributed by atoms with E-state index in [0.717, 1.165) is 16.1 Å². The van der Waals surface area contributed by atoms with E-state index in [1.54, 1.807) is 12.1 Å². The summed E-state index contributed by atoms with van der Waals surface area (Å²) >= 11 is 1.28. The molecule has 140 valence electrons. The summed E-state index contributed by atoms with van der Waals surface area (Å²) in [5.41, 5.74) is 2.06. The number of aryl methyl sites for hydroxylation is 1. The highest BCUT2D eigenvalue weighted by molar-refractivity contribution is 7.18. The predicted octanol–water partition coefficient (Wildman–Crippen LogP) is 3.50. The summed E-state index contributed by atoms with van der Waals surface area (Å²) < 4.78 is 5.07. The van der Waals surface area contributed by atoms with Crippen molar-refractivity contribution in [3.8, 4) is 10.6 Å². The standard InChI is InChI=1S/C19H20N4O3S/c1-11(2)15(20-16(24)14-8-5-9-26-14)17(25)21-19-23-22-18(27-19)13-7-4-6-12(3)10-13/h4-11,15H,1-3H3,(H,20,24)(H,21,23,25). The summed E-state index contributed by atoms with van der Waals surface area (Å²) in [6, 6.07) is 10.3. The number of amides is 2. The van der Waals surface area contributed by atoms with Crippen molar-refractivity contribution in [1.29, 1.82) is 0 Å². The van der Waals surface area contributed by atoms with E-state index >= 15 is 0 Å². The lowest BCUT2D eigenvalue weighted by atomic mass is 10.0. The molecule has 3 aromatic rings. The van der Waals surface area contributed by atoms with Crippen molar-refractivity contribution >= 4 is 28.3 Å². The fourth-order valence-corrected chi connectivity index (χ4v) is 3.25. The zero-order chi connectivity index (χ0) is 19.4. The lowest BCUT2D eigenvalue weighted by Gasteiger charge is -2.20. The van der Waals surface area contributed by atoms with Crippen LogP contribution in [0, 0.1) is 12.8 Å². The fraction of sp³-hybridized carbons (Fsp3) is 0.263. The van der Waals surface area contributed by atoms with Gasteiger partial charge in [0.15, 0.2) is 5.76 Å². The molecule has 0 spiro atoms. The number of aromatic nitrogens is 2. The van der Waals surface area contributed by atoms with E-state index in [2.05, 4.69) is 20.8 Å². The molecule has 0 fully saturated rings. The zero-order valence-corrected chi connectivity index (χ0v) is 16.0. The van der Waals surface area contributed by atoms with Crippen LogP contribution in [0.1, 0.15) is 30.0 Å². The molecule has 1 unspecified atom stereocenters. The number of carbonyl (C=O) groups excluding carboxylic acids is 2. The minimum Gasteiger partial charge on any atom is -0.459 e. The Bertz CT molecular complexity index is 934. The van der Waals surface area contributed by atoms with Crippen molar-refractivity contribution in [3.05, 3.63) is 54.0 Å². The van der Waals surface area contributed by atoms with Gasteiger partial charge in [0.1, 0.15) is 11.0 Å². The van der Waals surface area contributed by atoms with Gasteiger partial charge in [-0.15, -0.1) is 10.2 Å². The quantitative estimate of drug-likeness (QED) is 0.678. The van der Waals surface area contributed by atoms with Crippen LogP contribution in [0.25, 0.3) is 10.6 Å². The molecule has 2 amide bonds. The Morgan fingerprint density at radius 3 is 2.63 bits per heavy atom. The molecule has 0 aliphatic heterocycles. The predicted molar refractivity (Wildman–Crippen MR) is 104 cm³/mol. The van der Waals surface area contributed by atoms with Crippen molar-refractivity contribution in [3.63, 3.8) is 0 Å². The average Bonchev–Trinajstić information content (AvgIpc) is 3.31. The minimum atomic E-state index is -0.728. The Labute approximate surface area is 160 Å². The molecule has 8 heteroatoms. The van der Waals surface area contributed by atoms with Gasteiger partial charge in [0.05, 0.1) is 6.26 Å². The van der Waals surface area contributed by atoms with Gasteiger partial charge >= 0.3 is 0 Å². The largest absolute Gasteiger partial charge is 0.459 e. The summed E-state index contributed by atoms with van der Waals surface area (Å²) in [4.78, 5) is 24.8. The highest BCUT2D eigenvalue weighted by Crippen LogP contribution is 2.27. The van der Waals surface area contributed by atoms with Crippen LogP contribution in [-0.2, 0) is 4.79 Å². The molecule has 3 rings (SSSR count). The number of nitrogens with one attached hydrogen (secondary N) is 2. The molecule has 0 radical (unpaired) electrons. The zero-order valence-electron chi connectivity index (χ0n) is 15.2. The van der Waals surface area contributed by atoms with Gasteiger partial charge in [-0.1, -0.05) is 48.9 Å². The normalized spacial score (nSPS) is 12.0. The number of anilines is 1.